The van der Waals surface area contributed by atoms with Gasteiger partial charge in [-0.1, -0.05) is 23.8 Å². The number of hydrogen-bond acceptors (Lipinski definition) is 4. The van der Waals surface area contributed by atoms with Crippen LogP contribution in [-0.2, 0) is 4.79 Å². The summed E-state index contributed by atoms with van der Waals surface area (Å²) in [5, 5.41) is 7.12. The second kappa shape index (κ2) is 11.2. The number of carbonyl (C=O) groups excluding carboxylic acids is 1. The molecule has 0 saturated carbocycles. The first-order valence-electron chi connectivity index (χ1n) is 12.5. The molecule has 4 heterocycles. The van der Waals surface area contributed by atoms with Gasteiger partial charge in [-0.15, -0.1) is 0 Å². The van der Waals surface area contributed by atoms with Gasteiger partial charge in [0.15, 0.2) is 5.69 Å². The van der Waals surface area contributed by atoms with Crippen LogP contribution < -0.4 is 4.90 Å². The van der Waals surface area contributed by atoms with Crippen molar-refractivity contribution in [1.29, 1.82) is 0 Å². The lowest BCUT2D eigenvalue weighted by molar-refractivity contribution is -0.192. The van der Waals surface area contributed by atoms with Gasteiger partial charge >= 0.3 is 12.1 Å². The van der Waals surface area contributed by atoms with Gasteiger partial charge in [0.05, 0.1) is 5.52 Å². The third-order valence-electron chi connectivity index (χ3n) is 6.53. The highest BCUT2D eigenvalue weighted by Crippen LogP contribution is 2.26. The highest BCUT2D eigenvalue weighted by atomic mass is 19.4. The van der Waals surface area contributed by atoms with Crippen LogP contribution >= 0.6 is 0 Å². The van der Waals surface area contributed by atoms with Crippen molar-refractivity contribution >= 4 is 23.1 Å². The van der Waals surface area contributed by atoms with E-state index in [0.29, 0.717) is 24.8 Å². The summed E-state index contributed by atoms with van der Waals surface area (Å²) in [5.41, 5.74) is 4.87. The maximum Gasteiger partial charge on any atom is 0.490 e. The van der Waals surface area contributed by atoms with Crippen LogP contribution in [0.25, 0.3) is 16.9 Å². The molecule has 0 aliphatic carbocycles. The Morgan fingerprint density at radius 3 is 2.15 bits per heavy atom. The number of aryl methyl sites for hydroxylation is 1. The third kappa shape index (κ3) is 6.24. The smallest absolute Gasteiger partial charge is 0.475 e. The van der Waals surface area contributed by atoms with Crippen molar-refractivity contribution in [3.05, 3.63) is 78.4 Å². The number of benzene rings is 1. The van der Waals surface area contributed by atoms with Gasteiger partial charge in [0.2, 0.25) is 0 Å². The quantitative estimate of drug-likeness (QED) is 0.380. The largest absolute Gasteiger partial charge is 0.490 e. The maximum absolute atomic E-state index is 13.5. The molecule has 4 aromatic rings. The summed E-state index contributed by atoms with van der Waals surface area (Å²) in [5.74, 6) is -1.94. The summed E-state index contributed by atoms with van der Waals surface area (Å²) < 4.78 is 35.9. The number of anilines is 1. The molecule has 0 bridgehead atoms. The third-order valence-corrected chi connectivity index (χ3v) is 6.53. The fourth-order valence-corrected chi connectivity index (χ4v) is 4.34. The van der Waals surface area contributed by atoms with E-state index < -0.39 is 12.1 Å². The summed E-state index contributed by atoms with van der Waals surface area (Å²) in [4.78, 5) is 31.5. The Balaban J connectivity index is 0.000000448. The number of imidazole rings is 1. The van der Waals surface area contributed by atoms with Crippen molar-refractivity contribution in [2.45, 2.75) is 33.0 Å². The van der Waals surface area contributed by atoms with Gasteiger partial charge in [-0.05, 0) is 51.1 Å². The van der Waals surface area contributed by atoms with Crippen molar-refractivity contribution in [1.82, 2.24) is 18.9 Å². The van der Waals surface area contributed by atoms with Crippen molar-refractivity contribution < 1.29 is 27.9 Å². The van der Waals surface area contributed by atoms with Crippen molar-refractivity contribution in [2.75, 3.05) is 31.1 Å². The summed E-state index contributed by atoms with van der Waals surface area (Å²) in [6, 6.07) is 17.0. The number of rotatable bonds is 4. The number of aromatic nitrogens is 3. The molecule has 3 aromatic heterocycles. The molecule has 5 rings (SSSR count). The Morgan fingerprint density at radius 1 is 0.949 bits per heavy atom. The Kier molecular flexibility index (Phi) is 7.98. The van der Waals surface area contributed by atoms with E-state index in [-0.39, 0.29) is 5.91 Å². The normalized spacial score (nSPS) is 13.9. The number of carboxylic acids is 1. The minimum Gasteiger partial charge on any atom is -0.475 e. The van der Waals surface area contributed by atoms with Gasteiger partial charge < -0.3 is 19.5 Å². The molecule has 8 nitrogen and oxygen atoms in total. The van der Waals surface area contributed by atoms with Gasteiger partial charge in [0, 0.05) is 62.1 Å². The fourth-order valence-electron chi connectivity index (χ4n) is 4.34. The highest BCUT2D eigenvalue weighted by molar-refractivity contribution is 6.00. The van der Waals surface area contributed by atoms with Crippen molar-refractivity contribution in [3.8, 4) is 11.4 Å². The van der Waals surface area contributed by atoms with Crippen LogP contribution in [0.5, 0.6) is 0 Å². The van der Waals surface area contributed by atoms with Crippen molar-refractivity contribution in [3.63, 3.8) is 0 Å². The van der Waals surface area contributed by atoms with E-state index >= 15 is 0 Å². The molecule has 206 valence electrons. The lowest BCUT2D eigenvalue weighted by Gasteiger charge is -2.36. The molecule has 1 aromatic carbocycles. The zero-order valence-electron chi connectivity index (χ0n) is 21.9. The van der Waals surface area contributed by atoms with E-state index in [0.717, 1.165) is 30.0 Å². The molecule has 1 fully saturated rings. The second-order valence-corrected chi connectivity index (χ2v) is 9.60. The first-order valence-corrected chi connectivity index (χ1v) is 12.5. The number of carboxylic acid groups (broad SMARTS) is 1. The molecule has 1 aliphatic rings. The number of halogens is 3. The van der Waals surface area contributed by atoms with Gasteiger partial charge in [-0.2, -0.15) is 13.2 Å². The summed E-state index contributed by atoms with van der Waals surface area (Å²) in [6.45, 7) is 9.43. The lowest BCUT2D eigenvalue weighted by Crippen LogP contribution is -2.48. The lowest BCUT2D eigenvalue weighted by atomic mass is 10.2. The van der Waals surface area contributed by atoms with Crippen LogP contribution in [0, 0.1) is 6.92 Å². The summed E-state index contributed by atoms with van der Waals surface area (Å²) in [6.07, 6.45) is 1.06. The van der Waals surface area contributed by atoms with E-state index in [1.54, 1.807) is 0 Å². The predicted molar refractivity (Wildman–Crippen MR) is 142 cm³/mol. The van der Waals surface area contributed by atoms with Gasteiger partial charge in [-0.25, -0.2) is 9.78 Å². The molecular formula is C28H30F3N5O3. The molecule has 1 N–H and O–H groups in total. The zero-order chi connectivity index (χ0) is 28.3. The molecular weight excluding hydrogens is 511 g/mol. The van der Waals surface area contributed by atoms with Gasteiger partial charge in [-0.3, -0.25) is 9.20 Å². The number of alkyl halides is 3. The van der Waals surface area contributed by atoms with Crippen LogP contribution in [0.1, 0.15) is 35.9 Å². The van der Waals surface area contributed by atoms with E-state index in [2.05, 4.69) is 73.0 Å². The minimum absolute atomic E-state index is 0.00629. The number of piperazine rings is 1. The first kappa shape index (κ1) is 27.7. The Hall–Kier alpha value is -4.28. The van der Waals surface area contributed by atoms with E-state index in [1.165, 1.54) is 11.3 Å². The Morgan fingerprint density at radius 2 is 1.59 bits per heavy atom. The summed E-state index contributed by atoms with van der Waals surface area (Å²) >= 11 is 0. The highest BCUT2D eigenvalue weighted by Gasteiger charge is 2.38. The van der Waals surface area contributed by atoms with Crippen molar-refractivity contribution in [2.24, 2.45) is 0 Å². The topological polar surface area (TPSA) is 83.1 Å². The molecule has 0 spiro atoms. The number of carbonyl (C=O) groups is 2. The number of pyridine rings is 1. The molecule has 0 unspecified atom stereocenters. The molecule has 0 radical (unpaired) electrons. The monoisotopic (exact) mass is 541 g/mol. The number of amides is 1. The molecule has 1 aliphatic heterocycles. The van der Waals surface area contributed by atoms with E-state index in [4.69, 9.17) is 14.9 Å². The average Bonchev–Trinajstić information content (AvgIpc) is 3.54. The summed E-state index contributed by atoms with van der Waals surface area (Å²) in [7, 11) is 0. The second-order valence-electron chi connectivity index (χ2n) is 9.60. The Bertz CT molecular complexity index is 1450. The number of aliphatic carboxylic acids is 1. The minimum atomic E-state index is -5.08. The Labute approximate surface area is 223 Å². The number of hydrogen-bond donors (Lipinski definition) is 1. The standard InChI is InChI=1S/C26H29N5O.C2HF3O2/c1-19(2)30-13-11-21(18-30)25-27-24(23-6-4-5-12-31(23)25)26(32)29-16-14-28(15-17-29)22-9-7-20(3)8-10-22;3-2(4,5)1(6)7/h4-13,18-19H,14-17H2,1-3H3;(H,6,7). The van der Waals surface area contributed by atoms with Crippen LogP contribution in [-0.4, -0.2) is 68.2 Å². The van der Waals surface area contributed by atoms with E-state index in [9.17, 15) is 18.0 Å². The molecule has 11 heteroatoms. The predicted octanol–water partition coefficient (Wildman–Crippen LogP) is 5.29. The maximum atomic E-state index is 13.5. The van der Waals surface area contributed by atoms with E-state index in [1.807, 2.05) is 33.7 Å². The van der Waals surface area contributed by atoms with Crippen LogP contribution in [0.2, 0.25) is 0 Å². The SMILES string of the molecule is Cc1ccc(N2CCN(C(=O)c3nc(-c4ccn(C(C)C)c4)n4ccccc34)CC2)cc1.O=C(O)C(F)(F)F. The molecule has 1 saturated heterocycles. The van der Waals surface area contributed by atoms with Gasteiger partial charge in [0.1, 0.15) is 5.82 Å². The molecule has 1 amide bonds. The molecule has 0 atom stereocenters. The van der Waals surface area contributed by atoms with Crippen LogP contribution in [0.15, 0.2) is 67.1 Å². The van der Waals surface area contributed by atoms with Gasteiger partial charge in [0.25, 0.3) is 5.91 Å². The number of nitrogens with zero attached hydrogens (tertiary/aromatic N) is 5. The number of fused-ring (bicyclic) bond motifs is 1. The average molecular weight is 542 g/mol. The zero-order valence-corrected chi connectivity index (χ0v) is 21.9. The molecule has 39 heavy (non-hydrogen) atoms. The fraction of sp³-hybridized carbons (Fsp3) is 0.321. The van der Waals surface area contributed by atoms with Crippen LogP contribution in [0.4, 0.5) is 18.9 Å². The van der Waals surface area contributed by atoms with Crippen LogP contribution in [0.3, 0.4) is 0 Å². The first-order chi connectivity index (χ1) is 18.5.